The van der Waals surface area contributed by atoms with Crippen LogP contribution in [0.1, 0.15) is 24.6 Å². The normalized spacial score (nSPS) is 19.4. The van der Waals surface area contributed by atoms with Crippen molar-refractivity contribution in [3.05, 3.63) is 24.0 Å². The van der Waals surface area contributed by atoms with E-state index in [9.17, 15) is 9.59 Å². The number of nitrogens with zero attached hydrogens (tertiary/aromatic N) is 1. The van der Waals surface area contributed by atoms with Gasteiger partial charge in [0.2, 0.25) is 0 Å². The van der Waals surface area contributed by atoms with Crippen LogP contribution in [0.25, 0.3) is 0 Å². The van der Waals surface area contributed by atoms with Gasteiger partial charge in [0.25, 0.3) is 0 Å². The van der Waals surface area contributed by atoms with Crippen LogP contribution >= 0.6 is 0 Å². The molecule has 3 N–H and O–H groups in total. The molecule has 1 unspecified atom stereocenters. The molecule has 1 aromatic rings. The number of carbonyl (C=O) groups excluding carboxylic acids is 1. The highest BCUT2D eigenvalue weighted by atomic mass is 16.4. The van der Waals surface area contributed by atoms with Gasteiger partial charge in [-0.3, -0.25) is 4.79 Å². The summed E-state index contributed by atoms with van der Waals surface area (Å²) in [5, 5.41) is 11.4. The minimum absolute atomic E-state index is 0.0256. The van der Waals surface area contributed by atoms with Gasteiger partial charge in [-0.05, 0) is 18.6 Å². The number of carboxylic acids is 1. The van der Waals surface area contributed by atoms with E-state index in [0.717, 1.165) is 5.69 Å². The third kappa shape index (κ3) is 2.77. The van der Waals surface area contributed by atoms with E-state index in [1.807, 2.05) is 18.3 Å². The number of urea groups is 1. The van der Waals surface area contributed by atoms with E-state index in [-0.39, 0.29) is 18.5 Å². The first-order valence-electron chi connectivity index (χ1n) is 5.57. The van der Waals surface area contributed by atoms with Gasteiger partial charge >= 0.3 is 12.0 Å². The van der Waals surface area contributed by atoms with Crippen LogP contribution in [-0.2, 0) is 4.79 Å². The van der Waals surface area contributed by atoms with Gasteiger partial charge in [0.05, 0.1) is 6.04 Å². The summed E-state index contributed by atoms with van der Waals surface area (Å²) in [6.45, 7) is 1.06. The van der Waals surface area contributed by atoms with Crippen molar-refractivity contribution >= 4 is 12.0 Å². The third-order valence-corrected chi connectivity index (χ3v) is 2.80. The number of H-pyrrole nitrogens is 1. The van der Waals surface area contributed by atoms with E-state index in [1.165, 1.54) is 0 Å². The minimum atomic E-state index is -0.828. The van der Waals surface area contributed by atoms with Crippen molar-refractivity contribution in [2.45, 2.75) is 18.9 Å². The number of rotatable bonds is 5. The zero-order valence-corrected chi connectivity index (χ0v) is 9.35. The van der Waals surface area contributed by atoms with Crippen LogP contribution in [0.15, 0.2) is 18.3 Å². The van der Waals surface area contributed by atoms with Gasteiger partial charge in [0.15, 0.2) is 0 Å². The summed E-state index contributed by atoms with van der Waals surface area (Å²) in [5.41, 5.74) is 0.971. The SMILES string of the molecule is O=C(O)CCCN1CC(c2ccc[nH]2)NC1=O. The Morgan fingerprint density at radius 1 is 1.59 bits per heavy atom. The van der Waals surface area contributed by atoms with Crippen molar-refractivity contribution < 1.29 is 14.7 Å². The molecule has 0 spiro atoms. The van der Waals surface area contributed by atoms with E-state index >= 15 is 0 Å². The lowest BCUT2D eigenvalue weighted by Crippen LogP contribution is -2.29. The molecule has 6 heteroatoms. The molecule has 0 bridgehead atoms. The number of hydrogen-bond acceptors (Lipinski definition) is 2. The van der Waals surface area contributed by atoms with E-state index < -0.39 is 5.97 Å². The average Bonchev–Trinajstić information content (AvgIpc) is 2.87. The second-order valence-corrected chi connectivity index (χ2v) is 4.07. The smallest absolute Gasteiger partial charge is 0.318 e. The Labute approximate surface area is 98.6 Å². The molecule has 17 heavy (non-hydrogen) atoms. The summed E-state index contributed by atoms with van der Waals surface area (Å²) in [4.78, 5) is 26.7. The molecular formula is C11H15N3O3. The van der Waals surface area contributed by atoms with E-state index in [0.29, 0.717) is 19.5 Å². The molecule has 2 amide bonds. The molecule has 0 radical (unpaired) electrons. The van der Waals surface area contributed by atoms with Crippen LogP contribution in [-0.4, -0.2) is 40.1 Å². The molecule has 2 heterocycles. The second-order valence-electron chi connectivity index (χ2n) is 4.07. The summed E-state index contributed by atoms with van der Waals surface area (Å²) in [5.74, 6) is -0.828. The van der Waals surface area contributed by atoms with E-state index in [1.54, 1.807) is 4.90 Å². The lowest BCUT2D eigenvalue weighted by Gasteiger charge is -2.13. The summed E-state index contributed by atoms with van der Waals surface area (Å²) in [6, 6.07) is 3.65. The van der Waals surface area contributed by atoms with Crippen molar-refractivity contribution in [3.8, 4) is 0 Å². The highest BCUT2D eigenvalue weighted by Crippen LogP contribution is 2.18. The molecule has 1 saturated heterocycles. The number of amides is 2. The second kappa shape index (κ2) is 4.90. The number of aromatic amines is 1. The van der Waals surface area contributed by atoms with Gasteiger partial charge in [0.1, 0.15) is 0 Å². The standard InChI is InChI=1S/C11H15N3O3/c15-10(16)4-2-6-14-7-9(13-11(14)17)8-3-1-5-12-8/h1,3,5,9,12H,2,4,6-7H2,(H,13,17)(H,15,16). The van der Waals surface area contributed by atoms with Crippen molar-refractivity contribution in [2.75, 3.05) is 13.1 Å². The number of aliphatic carboxylic acids is 1. The molecule has 2 rings (SSSR count). The number of aromatic nitrogens is 1. The molecule has 6 nitrogen and oxygen atoms in total. The Morgan fingerprint density at radius 3 is 3.06 bits per heavy atom. The largest absolute Gasteiger partial charge is 0.481 e. The van der Waals surface area contributed by atoms with E-state index in [2.05, 4.69) is 10.3 Å². The number of nitrogens with one attached hydrogen (secondary N) is 2. The Bertz CT molecular complexity index is 402. The molecule has 1 aromatic heterocycles. The first kappa shape index (κ1) is 11.5. The van der Waals surface area contributed by atoms with Crippen molar-refractivity contribution in [2.24, 2.45) is 0 Å². The molecule has 1 fully saturated rings. The van der Waals surface area contributed by atoms with Crippen LogP contribution in [0, 0.1) is 0 Å². The molecule has 0 saturated carbocycles. The fraction of sp³-hybridized carbons (Fsp3) is 0.455. The highest BCUT2D eigenvalue weighted by molar-refractivity contribution is 5.77. The van der Waals surface area contributed by atoms with Gasteiger partial charge in [-0.1, -0.05) is 0 Å². The molecular weight excluding hydrogens is 222 g/mol. The van der Waals surface area contributed by atoms with Gasteiger partial charge in [-0.2, -0.15) is 0 Å². The van der Waals surface area contributed by atoms with Crippen molar-refractivity contribution in [1.29, 1.82) is 0 Å². The highest BCUT2D eigenvalue weighted by Gasteiger charge is 2.29. The first-order chi connectivity index (χ1) is 8.16. The summed E-state index contributed by atoms with van der Waals surface area (Å²) in [6.07, 6.45) is 2.39. The number of hydrogen-bond donors (Lipinski definition) is 3. The predicted molar refractivity (Wildman–Crippen MR) is 60.5 cm³/mol. The van der Waals surface area contributed by atoms with Gasteiger partial charge < -0.3 is 20.3 Å². The maximum Gasteiger partial charge on any atom is 0.318 e. The quantitative estimate of drug-likeness (QED) is 0.712. The Morgan fingerprint density at radius 2 is 2.41 bits per heavy atom. The third-order valence-electron chi connectivity index (χ3n) is 2.80. The summed E-state index contributed by atoms with van der Waals surface area (Å²) >= 11 is 0. The van der Waals surface area contributed by atoms with Crippen molar-refractivity contribution in [3.63, 3.8) is 0 Å². The lowest BCUT2D eigenvalue weighted by molar-refractivity contribution is -0.137. The van der Waals surface area contributed by atoms with Crippen LogP contribution in [0.2, 0.25) is 0 Å². The van der Waals surface area contributed by atoms with Crippen molar-refractivity contribution in [1.82, 2.24) is 15.2 Å². The Kier molecular flexibility index (Phi) is 3.32. The van der Waals surface area contributed by atoms with Gasteiger partial charge in [-0.15, -0.1) is 0 Å². The molecule has 0 aliphatic carbocycles. The summed E-state index contributed by atoms with van der Waals surface area (Å²) < 4.78 is 0. The average molecular weight is 237 g/mol. The zero-order valence-electron chi connectivity index (χ0n) is 9.35. The Balaban J connectivity index is 1.85. The molecule has 1 atom stereocenters. The predicted octanol–water partition coefficient (Wildman–Crippen LogP) is 0.946. The lowest BCUT2D eigenvalue weighted by atomic mass is 10.2. The fourth-order valence-electron chi connectivity index (χ4n) is 1.94. The van der Waals surface area contributed by atoms with Crippen LogP contribution < -0.4 is 5.32 Å². The Hall–Kier alpha value is -1.98. The first-order valence-corrected chi connectivity index (χ1v) is 5.57. The summed E-state index contributed by atoms with van der Waals surface area (Å²) in [7, 11) is 0. The van der Waals surface area contributed by atoms with Crippen LogP contribution in [0.5, 0.6) is 0 Å². The molecule has 1 aliphatic rings. The molecule has 92 valence electrons. The van der Waals surface area contributed by atoms with E-state index in [4.69, 9.17) is 5.11 Å². The molecule has 0 aromatic carbocycles. The minimum Gasteiger partial charge on any atom is -0.481 e. The van der Waals surface area contributed by atoms with Crippen LogP contribution in [0.4, 0.5) is 4.79 Å². The van der Waals surface area contributed by atoms with Crippen LogP contribution in [0.3, 0.4) is 0 Å². The maximum absolute atomic E-state index is 11.6. The van der Waals surface area contributed by atoms with Gasteiger partial charge in [-0.25, -0.2) is 4.79 Å². The topological polar surface area (TPSA) is 85.4 Å². The zero-order chi connectivity index (χ0) is 12.3. The fourth-order valence-corrected chi connectivity index (χ4v) is 1.94. The number of carboxylic acid groups (broad SMARTS) is 1. The monoisotopic (exact) mass is 237 g/mol. The molecule has 1 aliphatic heterocycles. The maximum atomic E-state index is 11.6. The van der Waals surface area contributed by atoms with Gasteiger partial charge in [0, 0.05) is 31.4 Å². The number of carbonyl (C=O) groups is 2.